The summed E-state index contributed by atoms with van der Waals surface area (Å²) in [6, 6.07) is 15.1. The standard InChI is InChI=1S/C16H17NO5S/c1-13(18)21-12-15-9-7-14(8-10-15)11-17-22-23(19,20)16-5-3-2-4-6-16/h2-10,17H,11-12H2,1H3. The fraction of sp³-hybridized carbons (Fsp3) is 0.188. The zero-order chi connectivity index (χ0) is 16.7. The predicted molar refractivity (Wildman–Crippen MR) is 83.5 cm³/mol. The normalized spacial score (nSPS) is 11.2. The zero-order valence-electron chi connectivity index (χ0n) is 12.6. The van der Waals surface area contributed by atoms with E-state index >= 15 is 0 Å². The first-order chi connectivity index (χ1) is 11.0. The van der Waals surface area contributed by atoms with Crippen LogP contribution in [0, 0.1) is 0 Å². The van der Waals surface area contributed by atoms with Gasteiger partial charge in [-0.2, -0.15) is 18.2 Å². The zero-order valence-corrected chi connectivity index (χ0v) is 13.4. The van der Waals surface area contributed by atoms with Crippen LogP contribution in [0.5, 0.6) is 0 Å². The number of hydroxylamine groups is 1. The molecule has 0 spiro atoms. The van der Waals surface area contributed by atoms with Crippen molar-refractivity contribution in [3.05, 3.63) is 65.7 Å². The fourth-order valence-corrected chi connectivity index (χ4v) is 2.56. The van der Waals surface area contributed by atoms with Gasteiger partial charge in [-0.05, 0) is 23.3 Å². The van der Waals surface area contributed by atoms with Crippen molar-refractivity contribution in [2.45, 2.75) is 25.0 Å². The molecule has 0 saturated carbocycles. The lowest BCUT2D eigenvalue weighted by atomic mass is 10.1. The third-order valence-corrected chi connectivity index (χ3v) is 4.13. The van der Waals surface area contributed by atoms with E-state index in [-0.39, 0.29) is 24.0 Å². The number of nitrogens with one attached hydrogen (secondary N) is 1. The molecule has 0 aliphatic rings. The van der Waals surface area contributed by atoms with Crippen molar-refractivity contribution < 1.29 is 22.2 Å². The van der Waals surface area contributed by atoms with E-state index in [1.807, 2.05) is 0 Å². The molecule has 0 saturated heterocycles. The average molecular weight is 335 g/mol. The number of hydrogen-bond acceptors (Lipinski definition) is 6. The van der Waals surface area contributed by atoms with E-state index in [1.165, 1.54) is 19.1 Å². The van der Waals surface area contributed by atoms with E-state index in [2.05, 4.69) is 5.48 Å². The van der Waals surface area contributed by atoms with E-state index in [4.69, 9.17) is 9.02 Å². The summed E-state index contributed by atoms with van der Waals surface area (Å²) in [6.07, 6.45) is 0. The second-order valence-corrected chi connectivity index (χ2v) is 6.31. The van der Waals surface area contributed by atoms with Crippen molar-refractivity contribution in [1.29, 1.82) is 0 Å². The third kappa shape index (κ3) is 5.48. The second-order valence-electron chi connectivity index (χ2n) is 4.77. The molecule has 2 aromatic carbocycles. The first kappa shape index (κ1) is 17.1. The number of hydrogen-bond donors (Lipinski definition) is 1. The average Bonchev–Trinajstić information content (AvgIpc) is 2.55. The Labute approximate surface area is 135 Å². The Kier molecular flexibility index (Phi) is 5.86. The molecule has 0 bridgehead atoms. The summed E-state index contributed by atoms with van der Waals surface area (Å²) in [6.45, 7) is 1.78. The van der Waals surface area contributed by atoms with Crippen molar-refractivity contribution >= 4 is 16.1 Å². The summed E-state index contributed by atoms with van der Waals surface area (Å²) >= 11 is 0. The number of ether oxygens (including phenoxy) is 1. The minimum atomic E-state index is -3.83. The number of rotatable bonds is 7. The minimum Gasteiger partial charge on any atom is -0.461 e. The topological polar surface area (TPSA) is 81.7 Å². The Bertz CT molecular complexity index is 742. The maximum absolute atomic E-state index is 11.9. The smallest absolute Gasteiger partial charge is 0.312 e. The molecular formula is C16H17NO5S. The molecule has 122 valence electrons. The van der Waals surface area contributed by atoms with Crippen LogP contribution < -0.4 is 5.48 Å². The van der Waals surface area contributed by atoms with Crippen LogP contribution in [-0.2, 0) is 37.1 Å². The van der Waals surface area contributed by atoms with Crippen molar-refractivity contribution in [2.24, 2.45) is 0 Å². The van der Waals surface area contributed by atoms with Crippen LogP contribution in [0.15, 0.2) is 59.5 Å². The molecule has 2 rings (SSSR count). The van der Waals surface area contributed by atoms with Gasteiger partial charge in [0.15, 0.2) is 0 Å². The SMILES string of the molecule is CC(=O)OCc1ccc(CNOS(=O)(=O)c2ccccc2)cc1. The van der Waals surface area contributed by atoms with Crippen LogP contribution in [-0.4, -0.2) is 14.4 Å². The van der Waals surface area contributed by atoms with Crippen LogP contribution in [0.2, 0.25) is 0 Å². The Hall–Kier alpha value is -2.22. The summed E-state index contributed by atoms with van der Waals surface area (Å²) in [7, 11) is -3.83. The fourth-order valence-electron chi connectivity index (χ4n) is 1.76. The van der Waals surface area contributed by atoms with Gasteiger partial charge in [-0.15, -0.1) is 0 Å². The van der Waals surface area contributed by atoms with Gasteiger partial charge in [0.05, 0.1) is 4.90 Å². The summed E-state index contributed by atoms with van der Waals surface area (Å²) in [4.78, 5) is 10.8. The van der Waals surface area contributed by atoms with Gasteiger partial charge in [0.1, 0.15) is 6.61 Å². The Morgan fingerprint density at radius 2 is 1.61 bits per heavy atom. The molecule has 2 aromatic rings. The van der Waals surface area contributed by atoms with Gasteiger partial charge in [0, 0.05) is 13.5 Å². The molecule has 0 unspecified atom stereocenters. The molecule has 0 radical (unpaired) electrons. The lowest BCUT2D eigenvalue weighted by molar-refractivity contribution is -0.142. The Morgan fingerprint density at radius 3 is 2.22 bits per heavy atom. The van der Waals surface area contributed by atoms with Gasteiger partial charge >= 0.3 is 16.1 Å². The number of benzene rings is 2. The monoisotopic (exact) mass is 335 g/mol. The van der Waals surface area contributed by atoms with Gasteiger partial charge in [-0.1, -0.05) is 42.5 Å². The van der Waals surface area contributed by atoms with E-state index in [0.717, 1.165) is 11.1 Å². The molecule has 23 heavy (non-hydrogen) atoms. The van der Waals surface area contributed by atoms with Gasteiger partial charge in [0.2, 0.25) is 0 Å². The molecule has 0 amide bonds. The molecule has 0 aliphatic carbocycles. The van der Waals surface area contributed by atoms with E-state index in [9.17, 15) is 13.2 Å². The third-order valence-electron chi connectivity index (χ3n) is 2.94. The minimum absolute atomic E-state index is 0.0872. The highest BCUT2D eigenvalue weighted by Crippen LogP contribution is 2.11. The quantitative estimate of drug-likeness (QED) is 0.617. The second kappa shape index (κ2) is 7.87. The van der Waals surface area contributed by atoms with Crippen LogP contribution in [0.1, 0.15) is 18.1 Å². The van der Waals surface area contributed by atoms with E-state index in [0.29, 0.717) is 0 Å². The van der Waals surface area contributed by atoms with Crippen LogP contribution in [0.3, 0.4) is 0 Å². The van der Waals surface area contributed by atoms with Crippen molar-refractivity contribution in [3.8, 4) is 0 Å². The maximum atomic E-state index is 11.9. The number of carbonyl (C=O) groups is 1. The summed E-state index contributed by atoms with van der Waals surface area (Å²) in [5.41, 5.74) is 4.12. The van der Waals surface area contributed by atoms with Gasteiger partial charge < -0.3 is 4.74 Å². The van der Waals surface area contributed by atoms with Crippen molar-refractivity contribution in [1.82, 2.24) is 5.48 Å². The van der Waals surface area contributed by atoms with E-state index < -0.39 is 10.1 Å². The molecule has 0 aromatic heterocycles. The summed E-state index contributed by atoms with van der Waals surface area (Å²) in [5.74, 6) is -0.338. The summed E-state index contributed by atoms with van der Waals surface area (Å²) < 4.78 is 33.5. The molecule has 0 heterocycles. The van der Waals surface area contributed by atoms with Crippen LogP contribution in [0.4, 0.5) is 0 Å². The molecule has 7 heteroatoms. The van der Waals surface area contributed by atoms with Crippen molar-refractivity contribution in [2.75, 3.05) is 0 Å². The molecule has 0 atom stereocenters. The molecule has 6 nitrogen and oxygen atoms in total. The Balaban J connectivity index is 1.85. The van der Waals surface area contributed by atoms with Gasteiger partial charge in [0.25, 0.3) is 0 Å². The van der Waals surface area contributed by atoms with E-state index in [1.54, 1.807) is 42.5 Å². The highest BCUT2D eigenvalue weighted by molar-refractivity contribution is 7.86. The number of esters is 1. The molecule has 0 fully saturated rings. The van der Waals surface area contributed by atoms with Crippen LogP contribution >= 0.6 is 0 Å². The summed E-state index contributed by atoms with van der Waals surface area (Å²) in [5, 5.41) is 0. The van der Waals surface area contributed by atoms with Gasteiger partial charge in [-0.3, -0.25) is 4.79 Å². The number of carbonyl (C=O) groups excluding carboxylic acids is 1. The largest absolute Gasteiger partial charge is 0.461 e. The first-order valence-electron chi connectivity index (χ1n) is 6.90. The maximum Gasteiger partial charge on any atom is 0.312 e. The Morgan fingerprint density at radius 1 is 1.00 bits per heavy atom. The highest BCUT2D eigenvalue weighted by atomic mass is 32.2. The lowest BCUT2D eigenvalue weighted by Gasteiger charge is -2.07. The predicted octanol–water partition coefficient (Wildman–Crippen LogP) is 2.16. The lowest BCUT2D eigenvalue weighted by Crippen LogP contribution is -2.20. The first-order valence-corrected chi connectivity index (χ1v) is 8.31. The highest BCUT2D eigenvalue weighted by Gasteiger charge is 2.14. The van der Waals surface area contributed by atoms with Crippen molar-refractivity contribution in [3.63, 3.8) is 0 Å². The molecule has 1 N–H and O–H groups in total. The van der Waals surface area contributed by atoms with Crippen LogP contribution in [0.25, 0.3) is 0 Å². The molecule has 0 aliphatic heterocycles. The molecular weight excluding hydrogens is 318 g/mol. The van der Waals surface area contributed by atoms with Gasteiger partial charge in [-0.25, -0.2) is 0 Å².